The number of hydrogen-bond acceptors (Lipinski definition) is 4. The fraction of sp³-hybridized carbons (Fsp3) is 0.467. The molecule has 1 atom stereocenters. The van der Waals surface area contributed by atoms with Crippen LogP contribution in [0.25, 0.3) is 0 Å². The molecule has 0 heterocycles. The molecule has 1 aromatic rings. The molecule has 5 heteroatoms. The summed E-state index contributed by atoms with van der Waals surface area (Å²) < 4.78 is 4.91. The summed E-state index contributed by atoms with van der Waals surface area (Å²) >= 11 is 0. The summed E-state index contributed by atoms with van der Waals surface area (Å²) in [5.74, 6) is -0.692. The lowest BCUT2D eigenvalue weighted by molar-refractivity contribution is -0.119. The molecule has 0 aromatic heterocycles. The minimum absolute atomic E-state index is 0.279. The molecule has 0 fully saturated rings. The molecule has 0 radical (unpaired) electrons. The van der Waals surface area contributed by atoms with Gasteiger partial charge >= 0.3 is 5.97 Å². The number of rotatable bonds is 4. The lowest BCUT2D eigenvalue weighted by Gasteiger charge is -2.25. The van der Waals surface area contributed by atoms with Crippen molar-refractivity contribution in [2.24, 2.45) is 11.1 Å². The Kier molecular flexibility index (Phi) is 5.27. The number of anilines is 1. The molecule has 0 aliphatic carbocycles. The van der Waals surface area contributed by atoms with Crippen molar-refractivity contribution >= 4 is 17.6 Å². The third-order valence-electron chi connectivity index (χ3n) is 2.86. The van der Waals surface area contributed by atoms with Gasteiger partial charge in [-0.05, 0) is 30.5 Å². The molecule has 0 aliphatic heterocycles. The average Bonchev–Trinajstić information content (AvgIpc) is 2.37. The van der Waals surface area contributed by atoms with Gasteiger partial charge in [0.25, 0.3) is 0 Å². The number of benzene rings is 1. The summed E-state index contributed by atoms with van der Waals surface area (Å²) in [5, 5.41) is 2.71. The zero-order valence-electron chi connectivity index (χ0n) is 12.4. The molecule has 0 saturated heterocycles. The minimum Gasteiger partial charge on any atom is -0.462 e. The second-order valence-corrected chi connectivity index (χ2v) is 5.63. The summed E-state index contributed by atoms with van der Waals surface area (Å²) in [7, 11) is 0. The van der Waals surface area contributed by atoms with Crippen LogP contribution < -0.4 is 11.1 Å². The summed E-state index contributed by atoms with van der Waals surface area (Å²) in [4.78, 5) is 23.6. The molecule has 1 rings (SSSR count). The van der Waals surface area contributed by atoms with Crippen LogP contribution in [0.2, 0.25) is 0 Å². The maximum atomic E-state index is 12.0. The Hall–Kier alpha value is -1.88. The summed E-state index contributed by atoms with van der Waals surface area (Å²) in [6.07, 6.45) is 0. The van der Waals surface area contributed by atoms with Crippen LogP contribution in [0, 0.1) is 5.41 Å². The number of amides is 1. The highest BCUT2D eigenvalue weighted by atomic mass is 16.5. The third kappa shape index (κ3) is 4.35. The van der Waals surface area contributed by atoms with Crippen LogP contribution in [0.5, 0.6) is 0 Å². The molecule has 0 spiro atoms. The first-order chi connectivity index (χ1) is 9.25. The Morgan fingerprint density at radius 1 is 1.35 bits per heavy atom. The molecule has 20 heavy (non-hydrogen) atoms. The Morgan fingerprint density at radius 2 is 2.00 bits per heavy atom. The van der Waals surface area contributed by atoms with Gasteiger partial charge in [-0.3, -0.25) is 4.79 Å². The number of hydrogen-bond donors (Lipinski definition) is 2. The molecule has 0 aliphatic rings. The highest BCUT2D eigenvalue weighted by Crippen LogP contribution is 2.19. The van der Waals surface area contributed by atoms with Crippen LogP contribution in [-0.4, -0.2) is 24.5 Å². The molecule has 1 aromatic carbocycles. The topological polar surface area (TPSA) is 81.4 Å². The van der Waals surface area contributed by atoms with E-state index in [-0.39, 0.29) is 11.3 Å². The van der Waals surface area contributed by atoms with Gasteiger partial charge in [0.15, 0.2) is 0 Å². The minimum atomic E-state index is -0.631. The van der Waals surface area contributed by atoms with Gasteiger partial charge in [-0.15, -0.1) is 0 Å². The fourth-order valence-electron chi connectivity index (χ4n) is 1.55. The first kappa shape index (κ1) is 16.2. The average molecular weight is 278 g/mol. The lowest BCUT2D eigenvalue weighted by atomic mass is 9.87. The van der Waals surface area contributed by atoms with Gasteiger partial charge in [0.05, 0.1) is 18.2 Å². The Balaban J connectivity index is 2.81. The summed E-state index contributed by atoms with van der Waals surface area (Å²) in [6.45, 7) is 7.74. The lowest BCUT2D eigenvalue weighted by Crippen LogP contribution is -2.45. The molecule has 1 unspecified atom stereocenters. The normalized spacial score (nSPS) is 12.7. The highest BCUT2D eigenvalue weighted by molar-refractivity contribution is 5.97. The van der Waals surface area contributed by atoms with Crippen LogP contribution in [0.3, 0.4) is 0 Å². The van der Waals surface area contributed by atoms with E-state index in [0.29, 0.717) is 17.9 Å². The van der Waals surface area contributed by atoms with Crippen molar-refractivity contribution in [3.63, 3.8) is 0 Å². The monoisotopic (exact) mass is 278 g/mol. The summed E-state index contributed by atoms with van der Waals surface area (Å²) in [6, 6.07) is 5.97. The second kappa shape index (κ2) is 6.52. The first-order valence-electron chi connectivity index (χ1n) is 6.59. The first-order valence-corrected chi connectivity index (χ1v) is 6.59. The third-order valence-corrected chi connectivity index (χ3v) is 2.86. The van der Waals surface area contributed by atoms with Crippen molar-refractivity contribution in [2.45, 2.75) is 33.7 Å². The smallest absolute Gasteiger partial charge is 0.338 e. The van der Waals surface area contributed by atoms with E-state index in [4.69, 9.17) is 10.5 Å². The number of nitrogens with one attached hydrogen (secondary N) is 1. The SMILES string of the molecule is CCOC(=O)c1cccc(NC(=O)C(N)C(C)(C)C)c1. The maximum absolute atomic E-state index is 12.0. The van der Waals surface area contributed by atoms with E-state index < -0.39 is 12.0 Å². The van der Waals surface area contributed by atoms with Crippen molar-refractivity contribution in [1.82, 2.24) is 0 Å². The number of ether oxygens (including phenoxy) is 1. The van der Waals surface area contributed by atoms with Crippen LogP contribution in [0.4, 0.5) is 5.69 Å². The van der Waals surface area contributed by atoms with Gasteiger partial charge in [-0.1, -0.05) is 26.8 Å². The standard InChI is InChI=1S/C15H22N2O3/c1-5-20-14(19)10-7-6-8-11(9-10)17-13(18)12(16)15(2,3)4/h6-9,12H,5,16H2,1-4H3,(H,17,18). The van der Waals surface area contributed by atoms with Crippen molar-refractivity contribution in [2.75, 3.05) is 11.9 Å². The van der Waals surface area contributed by atoms with E-state index in [2.05, 4.69) is 5.32 Å². The van der Waals surface area contributed by atoms with Gasteiger partial charge in [-0.25, -0.2) is 4.79 Å². The van der Waals surface area contributed by atoms with E-state index in [0.717, 1.165) is 0 Å². The van der Waals surface area contributed by atoms with E-state index in [9.17, 15) is 9.59 Å². The molecule has 0 saturated carbocycles. The van der Waals surface area contributed by atoms with E-state index in [1.165, 1.54) is 0 Å². The predicted molar refractivity (Wildman–Crippen MR) is 78.5 cm³/mol. The fourth-order valence-corrected chi connectivity index (χ4v) is 1.55. The van der Waals surface area contributed by atoms with Crippen molar-refractivity contribution < 1.29 is 14.3 Å². The van der Waals surface area contributed by atoms with Gasteiger partial charge < -0.3 is 15.8 Å². The Labute approximate surface area is 119 Å². The van der Waals surface area contributed by atoms with Crippen LogP contribution in [-0.2, 0) is 9.53 Å². The summed E-state index contributed by atoms with van der Waals surface area (Å²) in [5.41, 5.74) is 6.48. The molecular formula is C15H22N2O3. The largest absolute Gasteiger partial charge is 0.462 e. The van der Waals surface area contributed by atoms with Crippen molar-refractivity contribution in [3.8, 4) is 0 Å². The highest BCUT2D eigenvalue weighted by Gasteiger charge is 2.27. The van der Waals surface area contributed by atoms with E-state index >= 15 is 0 Å². The number of esters is 1. The molecule has 3 N–H and O–H groups in total. The van der Waals surface area contributed by atoms with Crippen LogP contribution in [0.15, 0.2) is 24.3 Å². The van der Waals surface area contributed by atoms with Crippen molar-refractivity contribution in [1.29, 1.82) is 0 Å². The molecule has 0 bridgehead atoms. The van der Waals surface area contributed by atoms with Crippen LogP contribution >= 0.6 is 0 Å². The number of nitrogens with two attached hydrogens (primary N) is 1. The van der Waals surface area contributed by atoms with Gasteiger partial charge in [0.1, 0.15) is 0 Å². The molecule has 5 nitrogen and oxygen atoms in total. The molecular weight excluding hydrogens is 256 g/mol. The van der Waals surface area contributed by atoms with Crippen LogP contribution in [0.1, 0.15) is 38.1 Å². The Morgan fingerprint density at radius 3 is 2.55 bits per heavy atom. The Bertz CT molecular complexity index is 492. The molecule has 110 valence electrons. The van der Waals surface area contributed by atoms with E-state index in [1.807, 2.05) is 20.8 Å². The number of carbonyl (C=O) groups excluding carboxylic acids is 2. The second-order valence-electron chi connectivity index (χ2n) is 5.63. The van der Waals surface area contributed by atoms with Gasteiger partial charge in [-0.2, -0.15) is 0 Å². The zero-order chi connectivity index (χ0) is 15.3. The number of carbonyl (C=O) groups is 2. The zero-order valence-corrected chi connectivity index (χ0v) is 12.4. The predicted octanol–water partition coefficient (Wildman–Crippen LogP) is 2.18. The quantitative estimate of drug-likeness (QED) is 0.827. The van der Waals surface area contributed by atoms with Gasteiger partial charge in [0, 0.05) is 5.69 Å². The van der Waals surface area contributed by atoms with E-state index in [1.54, 1.807) is 31.2 Å². The molecule has 1 amide bonds. The van der Waals surface area contributed by atoms with Gasteiger partial charge in [0.2, 0.25) is 5.91 Å². The maximum Gasteiger partial charge on any atom is 0.338 e. The van der Waals surface area contributed by atoms with Crippen molar-refractivity contribution in [3.05, 3.63) is 29.8 Å².